The molecule has 4 aromatic carbocycles. The maximum absolute atomic E-state index is 13.0. The number of nitrogens with one attached hydrogen (secondary N) is 5. The van der Waals surface area contributed by atoms with E-state index in [-0.39, 0.29) is 23.9 Å². The molecule has 0 radical (unpaired) electrons. The average Bonchev–Trinajstić information content (AvgIpc) is 3.91. The van der Waals surface area contributed by atoms with E-state index in [1.54, 1.807) is 32.4 Å². The van der Waals surface area contributed by atoms with Crippen LogP contribution in [0.1, 0.15) is 107 Å². The first-order chi connectivity index (χ1) is 34.2. The minimum Gasteiger partial charge on any atom is -0.486 e. The molecule has 4 aliphatic rings. The summed E-state index contributed by atoms with van der Waals surface area (Å²) in [4.78, 5) is 34.6. The normalized spacial score (nSPS) is 19.6. The molecular weight excluding hydrogens is 889 g/mol. The van der Waals surface area contributed by atoms with Crippen LogP contribution in [-0.2, 0) is 36.7 Å². The number of carbonyl (C=O) groups is 2. The summed E-state index contributed by atoms with van der Waals surface area (Å²) in [6.07, 6.45) is 8.13. The first-order valence-electron chi connectivity index (χ1n) is 25.0. The van der Waals surface area contributed by atoms with Crippen molar-refractivity contribution < 1.29 is 42.6 Å². The lowest BCUT2D eigenvalue weighted by Crippen LogP contribution is -2.41. The van der Waals surface area contributed by atoms with Gasteiger partial charge in [0.25, 0.3) is 17.6 Å². The van der Waals surface area contributed by atoms with Gasteiger partial charge >= 0.3 is 0 Å². The molecule has 2 aliphatic carbocycles. The van der Waals surface area contributed by atoms with E-state index in [0.29, 0.717) is 85.6 Å². The van der Waals surface area contributed by atoms with Crippen LogP contribution in [0, 0.1) is 0 Å². The van der Waals surface area contributed by atoms with Crippen LogP contribution in [-0.4, -0.2) is 105 Å². The number of carbonyl (C=O) groups excluding carboxylic acids is 2. The minimum atomic E-state index is -0.0664. The van der Waals surface area contributed by atoms with Crippen LogP contribution in [0.25, 0.3) is 22.1 Å². The molecule has 10 rings (SSSR count). The summed E-state index contributed by atoms with van der Waals surface area (Å²) >= 11 is 0. The van der Waals surface area contributed by atoms with Gasteiger partial charge in [-0.05, 0) is 110 Å². The third-order valence-electron chi connectivity index (χ3n) is 14.0. The smallest absolute Gasteiger partial charge is 0.258 e. The molecule has 0 spiro atoms. The van der Waals surface area contributed by atoms with Gasteiger partial charge < -0.3 is 54.3 Å². The summed E-state index contributed by atoms with van der Waals surface area (Å²) < 4.78 is 37.1. The summed E-state index contributed by atoms with van der Waals surface area (Å²) in [7, 11) is 7.66. The van der Waals surface area contributed by atoms with Crippen molar-refractivity contribution in [2.24, 2.45) is 14.1 Å². The molecule has 4 atom stereocenters. The number of amides is 2. The summed E-state index contributed by atoms with van der Waals surface area (Å²) in [6, 6.07) is 24.1. The second kappa shape index (κ2) is 23.1. The minimum absolute atomic E-state index is 0.0562. The van der Waals surface area contributed by atoms with Gasteiger partial charge in [-0.2, -0.15) is 0 Å². The highest BCUT2D eigenvalue weighted by atomic mass is 16.6. The summed E-state index contributed by atoms with van der Waals surface area (Å²) in [6.45, 7) is 6.78. The first-order valence-corrected chi connectivity index (χ1v) is 25.0. The van der Waals surface area contributed by atoms with E-state index in [1.165, 1.54) is 22.5 Å². The second-order valence-corrected chi connectivity index (χ2v) is 18.9. The van der Waals surface area contributed by atoms with E-state index in [2.05, 4.69) is 85.9 Å². The van der Waals surface area contributed by atoms with E-state index in [4.69, 9.17) is 33.4 Å². The highest BCUT2D eigenvalue weighted by molar-refractivity contribution is 5.95. The van der Waals surface area contributed by atoms with Gasteiger partial charge in [0.15, 0.2) is 34.0 Å². The number of aromatic amines is 1. The quantitative estimate of drug-likeness (QED) is 0.0530. The van der Waals surface area contributed by atoms with Crippen molar-refractivity contribution in [3.63, 3.8) is 0 Å². The van der Waals surface area contributed by atoms with Crippen molar-refractivity contribution in [2.45, 2.75) is 88.4 Å². The molecule has 0 bridgehead atoms. The van der Waals surface area contributed by atoms with Crippen LogP contribution in [0.2, 0.25) is 0 Å². The van der Waals surface area contributed by atoms with Crippen molar-refractivity contribution in [1.82, 2.24) is 35.8 Å². The highest BCUT2D eigenvalue weighted by Gasteiger charge is 2.33. The van der Waals surface area contributed by atoms with Crippen molar-refractivity contribution in [3.05, 3.63) is 107 Å². The van der Waals surface area contributed by atoms with E-state index in [9.17, 15) is 9.59 Å². The van der Waals surface area contributed by atoms with Crippen molar-refractivity contribution in [3.8, 4) is 23.0 Å². The number of fused-ring (bicyclic) bond motifs is 4. The van der Waals surface area contributed by atoms with Gasteiger partial charge in [0.1, 0.15) is 32.3 Å². The Bertz CT molecular complexity index is 2660. The third-order valence-corrected chi connectivity index (χ3v) is 14.0. The molecule has 2 amide bonds. The van der Waals surface area contributed by atoms with Crippen LogP contribution in [0.3, 0.4) is 0 Å². The van der Waals surface area contributed by atoms with E-state index >= 15 is 0 Å². The summed E-state index contributed by atoms with van der Waals surface area (Å²) in [5.74, 6) is 5.56. The lowest BCUT2D eigenvalue weighted by Gasteiger charge is -2.29. The molecule has 2 aliphatic heterocycles. The van der Waals surface area contributed by atoms with Crippen LogP contribution in [0.5, 0.6) is 23.0 Å². The Morgan fingerprint density at radius 3 is 1.83 bits per heavy atom. The van der Waals surface area contributed by atoms with Crippen molar-refractivity contribution >= 4 is 33.9 Å². The zero-order valence-corrected chi connectivity index (χ0v) is 41.1. The Kier molecular flexibility index (Phi) is 16.1. The number of benzene rings is 4. The lowest BCUT2D eigenvalue weighted by molar-refractivity contribution is -0.654. The number of aryl methyl sites for hydroxylation is 2. The Morgan fingerprint density at radius 1 is 0.686 bits per heavy atom. The van der Waals surface area contributed by atoms with Gasteiger partial charge in [-0.1, -0.05) is 25.0 Å². The molecule has 5 N–H and O–H groups in total. The molecule has 372 valence electrons. The fourth-order valence-electron chi connectivity index (χ4n) is 10.4. The van der Waals surface area contributed by atoms with Crippen LogP contribution in [0.15, 0.2) is 72.8 Å². The van der Waals surface area contributed by atoms with Crippen molar-refractivity contribution in [2.75, 3.05) is 67.0 Å². The van der Waals surface area contributed by atoms with E-state index in [0.717, 1.165) is 99.9 Å². The van der Waals surface area contributed by atoms with Gasteiger partial charge in [0.2, 0.25) is 0 Å². The molecule has 2 aromatic heterocycles. The molecular formula is C54H69N8O8+. The van der Waals surface area contributed by atoms with Gasteiger partial charge in [-0.3, -0.25) is 9.59 Å². The monoisotopic (exact) mass is 958 g/mol. The zero-order chi connectivity index (χ0) is 48.4. The molecule has 70 heavy (non-hydrogen) atoms. The van der Waals surface area contributed by atoms with Gasteiger partial charge in [-0.15, -0.1) is 0 Å². The van der Waals surface area contributed by atoms with Gasteiger partial charge in [-0.25, -0.2) is 14.5 Å². The Balaban J connectivity index is 0.000000174. The predicted molar refractivity (Wildman–Crippen MR) is 267 cm³/mol. The number of hydrogen-bond donors (Lipinski definition) is 5. The highest BCUT2D eigenvalue weighted by Crippen LogP contribution is 2.36. The molecule has 0 saturated heterocycles. The molecule has 2 fully saturated rings. The zero-order valence-electron chi connectivity index (χ0n) is 41.1. The third kappa shape index (κ3) is 11.7. The van der Waals surface area contributed by atoms with Crippen LogP contribution in [0.4, 0.5) is 0 Å². The SMILES string of the molecule is COCCNCc1ccc2c(c1)[nH]c(C1CCCC(NC(=O)c3ccc4c(c3)OCCO4)C1)[n+]2C.COCCNCc1ccc2nc(C3CCCC(NC(=O)c4ccc5c(c4)OCCO5)C3)n(C)c2c1. The number of rotatable bonds is 16. The number of ether oxygens (including phenoxy) is 6. The first kappa shape index (κ1) is 48.8. The number of hydrogen-bond acceptors (Lipinski definition) is 11. The number of methoxy groups -OCH3 is 2. The van der Waals surface area contributed by atoms with E-state index in [1.807, 2.05) is 18.2 Å². The van der Waals surface area contributed by atoms with Gasteiger partial charge in [0.05, 0.1) is 37.2 Å². The largest absolute Gasteiger partial charge is 0.486 e. The second-order valence-electron chi connectivity index (χ2n) is 18.9. The van der Waals surface area contributed by atoms with Gasteiger partial charge in [0, 0.05) is 76.6 Å². The molecule has 16 heteroatoms. The fraction of sp³-hybridized carbons (Fsp3) is 0.481. The Morgan fingerprint density at radius 2 is 1.23 bits per heavy atom. The number of imidazole rings is 2. The lowest BCUT2D eigenvalue weighted by atomic mass is 9.85. The number of aromatic nitrogens is 4. The predicted octanol–water partition coefficient (Wildman–Crippen LogP) is 6.49. The maximum Gasteiger partial charge on any atom is 0.258 e. The molecule has 2 saturated carbocycles. The number of nitrogens with zero attached hydrogens (tertiary/aromatic N) is 3. The summed E-state index contributed by atoms with van der Waals surface area (Å²) in [5, 5.41) is 13.3. The molecule has 4 heterocycles. The summed E-state index contributed by atoms with van der Waals surface area (Å²) in [5.41, 5.74) is 8.20. The van der Waals surface area contributed by atoms with Crippen LogP contribution >= 0.6 is 0 Å². The Hall–Kier alpha value is -6.20. The van der Waals surface area contributed by atoms with Crippen LogP contribution < -0.4 is 44.8 Å². The molecule has 4 unspecified atom stereocenters. The maximum atomic E-state index is 13.0. The molecule has 16 nitrogen and oxygen atoms in total. The van der Waals surface area contributed by atoms with E-state index < -0.39 is 0 Å². The Labute approximate surface area is 410 Å². The molecule has 6 aromatic rings. The van der Waals surface area contributed by atoms with Crippen molar-refractivity contribution in [1.29, 1.82) is 0 Å². The standard InChI is InChI=1S/2C27H34N4O4/c1-31-23-8-6-18(17-28-10-11-33-2)14-22(23)30-26(31)19-4-3-5-21(15-19)29-27(32)20-7-9-24-25(16-20)35-13-12-34-24;1-31-23-14-18(17-28-10-11-33-2)6-8-22(23)30-26(31)19-4-3-5-21(15-19)29-27(32)20-7-9-24-25(16-20)35-13-12-34-24/h2*6-9,14,16,19,21,28H,3-5,10-13,15,17H2,1-2H3,(H,29,32)/p+1. The number of H-pyrrole nitrogens is 1. The topological polar surface area (TPSA) is 175 Å². The average molecular weight is 958 g/mol. The fourth-order valence-corrected chi connectivity index (χ4v) is 10.4.